The summed E-state index contributed by atoms with van der Waals surface area (Å²) in [5.41, 5.74) is 0. The Hall–Kier alpha value is 0.620. The van der Waals surface area contributed by atoms with Gasteiger partial charge in [-0.3, -0.25) is 0 Å². The van der Waals surface area contributed by atoms with Gasteiger partial charge in [0.05, 0.1) is 3.79 Å². The minimum atomic E-state index is 0.510. The summed E-state index contributed by atoms with van der Waals surface area (Å²) in [6, 6.07) is 2.76. The second kappa shape index (κ2) is 8.72. The first-order chi connectivity index (χ1) is 8.54. The summed E-state index contributed by atoms with van der Waals surface area (Å²) in [7, 11) is 0. The molecule has 0 spiro atoms. The minimum absolute atomic E-state index is 0.510. The SMILES string of the molecule is CCCNC(CCCC(C)C)c1cc(Br)c(Br)s1. The fraction of sp³-hybridized carbons (Fsp3) is 0.714. The zero-order valence-electron chi connectivity index (χ0n) is 11.4. The molecule has 0 bridgehead atoms. The zero-order valence-corrected chi connectivity index (χ0v) is 15.4. The molecule has 0 radical (unpaired) electrons. The first-order valence-corrected chi connectivity index (χ1v) is 9.13. The summed E-state index contributed by atoms with van der Waals surface area (Å²) in [6.45, 7) is 7.91. The molecule has 1 aromatic rings. The van der Waals surface area contributed by atoms with Gasteiger partial charge in [0.1, 0.15) is 0 Å². The molecule has 18 heavy (non-hydrogen) atoms. The van der Waals surface area contributed by atoms with Gasteiger partial charge in [0.15, 0.2) is 0 Å². The smallest absolute Gasteiger partial charge is 0.0843 e. The van der Waals surface area contributed by atoms with Crippen LogP contribution in [0.25, 0.3) is 0 Å². The molecule has 0 aromatic carbocycles. The molecular formula is C14H23Br2NS. The number of hydrogen-bond donors (Lipinski definition) is 1. The van der Waals surface area contributed by atoms with E-state index in [4.69, 9.17) is 0 Å². The molecule has 1 aromatic heterocycles. The lowest BCUT2D eigenvalue weighted by atomic mass is 10.0. The van der Waals surface area contributed by atoms with Gasteiger partial charge in [-0.2, -0.15) is 0 Å². The lowest BCUT2D eigenvalue weighted by Crippen LogP contribution is -2.21. The molecule has 0 fully saturated rings. The highest BCUT2D eigenvalue weighted by Crippen LogP contribution is 2.37. The highest BCUT2D eigenvalue weighted by molar-refractivity contribution is 9.13. The van der Waals surface area contributed by atoms with Gasteiger partial charge in [-0.15, -0.1) is 11.3 Å². The Labute approximate surface area is 132 Å². The largest absolute Gasteiger partial charge is 0.309 e. The van der Waals surface area contributed by atoms with Crippen LogP contribution in [0.2, 0.25) is 0 Å². The second-order valence-electron chi connectivity index (χ2n) is 5.10. The summed E-state index contributed by atoms with van der Waals surface area (Å²) in [6.07, 6.45) is 5.04. The third kappa shape index (κ3) is 5.72. The Morgan fingerprint density at radius 2 is 2.00 bits per heavy atom. The van der Waals surface area contributed by atoms with Gasteiger partial charge in [-0.25, -0.2) is 0 Å². The van der Waals surface area contributed by atoms with Crippen molar-refractivity contribution in [3.8, 4) is 0 Å². The van der Waals surface area contributed by atoms with Crippen molar-refractivity contribution in [3.05, 3.63) is 19.2 Å². The average molecular weight is 397 g/mol. The molecule has 1 N–H and O–H groups in total. The van der Waals surface area contributed by atoms with E-state index in [-0.39, 0.29) is 0 Å². The average Bonchev–Trinajstić information content (AvgIpc) is 2.63. The predicted molar refractivity (Wildman–Crippen MR) is 89.4 cm³/mol. The van der Waals surface area contributed by atoms with Crippen LogP contribution in [0.1, 0.15) is 57.4 Å². The van der Waals surface area contributed by atoms with E-state index in [1.807, 2.05) is 11.3 Å². The fourth-order valence-electron chi connectivity index (χ4n) is 1.93. The zero-order chi connectivity index (χ0) is 13.5. The molecular weight excluding hydrogens is 374 g/mol. The molecule has 104 valence electrons. The molecule has 0 aliphatic rings. The van der Waals surface area contributed by atoms with Gasteiger partial charge < -0.3 is 5.32 Å². The van der Waals surface area contributed by atoms with E-state index in [2.05, 4.69) is 64.0 Å². The van der Waals surface area contributed by atoms with Gasteiger partial charge in [0.25, 0.3) is 0 Å². The molecule has 0 aliphatic heterocycles. The number of hydrogen-bond acceptors (Lipinski definition) is 2. The summed E-state index contributed by atoms with van der Waals surface area (Å²) in [5.74, 6) is 0.804. The second-order valence-corrected chi connectivity index (χ2v) is 8.36. The van der Waals surface area contributed by atoms with Crippen LogP contribution in [-0.4, -0.2) is 6.54 Å². The predicted octanol–water partition coefficient (Wildman–Crippen LogP) is 6.14. The van der Waals surface area contributed by atoms with Crippen molar-refractivity contribution in [1.82, 2.24) is 5.32 Å². The number of nitrogens with one attached hydrogen (secondary N) is 1. The normalized spacial score (nSPS) is 13.2. The Bertz CT molecular complexity index is 330. The van der Waals surface area contributed by atoms with Crippen molar-refractivity contribution in [3.63, 3.8) is 0 Å². The molecule has 0 saturated carbocycles. The van der Waals surface area contributed by atoms with Crippen LogP contribution >= 0.6 is 43.2 Å². The molecule has 0 amide bonds. The topological polar surface area (TPSA) is 12.0 Å². The molecule has 1 rings (SSSR count). The van der Waals surface area contributed by atoms with Crippen LogP contribution in [0.15, 0.2) is 14.3 Å². The van der Waals surface area contributed by atoms with E-state index in [0.29, 0.717) is 6.04 Å². The lowest BCUT2D eigenvalue weighted by molar-refractivity contribution is 0.452. The Morgan fingerprint density at radius 3 is 2.50 bits per heavy atom. The van der Waals surface area contributed by atoms with Gasteiger partial charge in [0.2, 0.25) is 0 Å². The number of thiophene rings is 1. The molecule has 1 unspecified atom stereocenters. The maximum Gasteiger partial charge on any atom is 0.0843 e. The van der Waals surface area contributed by atoms with E-state index in [1.165, 1.54) is 38.8 Å². The first-order valence-electron chi connectivity index (χ1n) is 6.72. The maximum atomic E-state index is 3.67. The monoisotopic (exact) mass is 395 g/mol. The van der Waals surface area contributed by atoms with E-state index < -0.39 is 0 Å². The molecule has 4 heteroatoms. The van der Waals surface area contributed by atoms with Crippen LogP contribution in [0.3, 0.4) is 0 Å². The van der Waals surface area contributed by atoms with Crippen LogP contribution in [0.4, 0.5) is 0 Å². The lowest BCUT2D eigenvalue weighted by Gasteiger charge is -2.17. The van der Waals surface area contributed by atoms with Crippen molar-refractivity contribution in [2.75, 3.05) is 6.54 Å². The van der Waals surface area contributed by atoms with Crippen LogP contribution < -0.4 is 5.32 Å². The van der Waals surface area contributed by atoms with Crippen molar-refractivity contribution in [2.45, 2.75) is 52.5 Å². The van der Waals surface area contributed by atoms with Crippen LogP contribution in [0, 0.1) is 5.92 Å². The highest BCUT2D eigenvalue weighted by Gasteiger charge is 2.15. The minimum Gasteiger partial charge on any atom is -0.309 e. The third-order valence-corrected chi connectivity index (χ3v) is 6.29. The standard InChI is InChI=1S/C14H23Br2NS/c1-4-8-17-12(7-5-6-10(2)3)13-9-11(15)14(16)18-13/h9-10,12,17H,4-8H2,1-3H3. The molecule has 1 nitrogen and oxygen atoms in total. The Morgan fingerprint density at radius 1 is 1.28 bits per heavy atom. The number of rotatable bonds is 8. The van der Waals surface area contributed by atoms with Gasteiger partial charge >= 0.3 is 0 Å². The van der Waals surface area contributed by atoms with Crippen molar-refractivity contribution in [2.24, 2.45) is 5.92 Å². The first kappa shape index (κ1) is 16.7. The van der Waals surface area contributed by atoms with E-state index in [9.17, 15) is 0 Å². The number of halogens is 2. The summed E-state index contributed by atoms with van der Waals surface area (Å²) in [4.78, 5) is 1.44. The summed E-state index contributed by atoms with van der Waals surface area (Å²) < 4.78 is 2.37. The molecule has 1 atom stereocenters. The Balaban J connectivity index is 2.59. The van der Waals surface area contributed by atoms with Gasteiger partial charge in [-0.05, 0) is 63.2 Å². The molecule has 1 heterocycles. The van der Waals surface area contributed by atoms with Gasteiger partial charge in [-0.1, -0.05) is 33.6 Å². The van der Waals surface area contributed by atoms with E-state index in [0.717, 1.165) is 12.5 Å². The van der Waals surface area contributed by atoms with E-state index in [1.54, 1.807) is 0 Å². The van der Waals surface area contributed by atoms with Crippen LogP contribution in [-0.2, 0) is 0 Å². The molecule has 0 aliphatic carbocycles. The molecule has 0 saturated heterocycles. The summed E-state index contributed by atoms with van der Waals surface area (Å²) >= 11 is 9.01. The van der Waals surface area contributed by atoms with Crippen molar-refractivity contribution >= 4 is 43.2 Å². The van der Waals surface area contributed by atoms with Crippen LogP contribution in [0.5, 0.6) is 0 Å². The van der Waals surface area contributed by atoms with Crippen molar-refractivity contribution < 1.29 is 0 Å². The Kier molecular flexibility index (Phi) is 8.08. The van der Waals surface area contributed by atoms with Gasteiger partial charge in [0, 0.05) is 15.4 Å². The van der Waals surface area contributed by atoms with Crippen molar-refractivity contribution in [1.29, 1.82) is 0 Å². The summed E-state index contributed by atoms with van der Waals surface area (Å²) in [5, 5.41) is 3.67. The third-order valence-electron chi connectivity index (χ3n) is 2.92. The maximum absolute atomic E-state index is 3.67. The quantitative estimate of drug-likeness (QED) is 0.556. The fourth-order valence-corrected chi connectivity index (χ4v) is 4.13. The van der Waals surface area contributed by atoms with E-state index >= 15 is 0 Å². The highest BCUT2D eigenvalue weighted by atomic mass is 79.9.